The van der Waals surface area contributed by atoms with E-state index < -0.39 is 0 Å². The average molecular weight is 639 g/mol. The number of rotatable bonds is 4. The summed E-state index contributed by atoms with van der Waals surface area (Å²) in [5, 5.41) is 7.66. The third kappa shape index (κ3) is 4.46. The van der Waals surface area contributed by atoms with Crippen LogP contribution in [0.2, 0.25) is 0 Å². The van der Waals surface area contributed by atoms with Crippen molar-refractivity contribution in [2.45, 2.75) is 0 Å². The number of fused-ring (bicyclic) bond motifs is 7. The van der Waals surface area contributed by atoms with Crippen LogP contribution < -0.4 is 0 Å². The topological polar surface area (TPSA) is 38.7 Å². The van der Waals surface area contributed by atoms with E-state index in [0.29, 0.717) is 17.5 Å². The zero-order valence-electron chi connectivity index (χ0n) is 24.2. The Kier molecular flexibility index (Phi) is 6.15. The molecule has 0 atom stereocenters. The molecule has 0 spiro atoms. The Bertz CT molecular complexity index is 2540. The van der Waals surface area contributed by atoms with Crippen LogP contribution in [0, 0.1) is 0 Å². The molecule has 0 aliphatic carbocycles. The van der Waals surface area contributed by atoms with Gasteiger partial charge in [0.05, 0.1) is 0 Å². The second-order valence-corrected chi connectivity index (χ2v) is 13.4. The minimum absolute atomic E-state index is 0.212. The molecule has 4 heteroatoms. The molecule has 0 fully saturated rings. The maximum atomic E-state index is 5.21. The van der Waals surface area contributed by atoms with Crippen molar-refractivity contribution in [3.05, 3.63) is 152 Å². The van der Waals surface area contributed by atoms with E-state index in [4.69, 9.17) is 15.0 Å². The quantitative estimate of drug-likeness (QED) is 0.142. The number of aromatic nitrogens is 3. The Morgan fingerprint density at radius 1 is 0.378 bits per heavy atom. The molecule has 0 N–H and O–H groups in total. The van der Waals surface area contributed by atoms with Crippen LogP contribution >= 0.6 is 0 Å². The van der Waals surface area contributed by atoms with E-state index in [1.807, 2.05) is 24.3 Å². The smallest absolute Gasteiger partial charge is 0.0617 e. The van der Waals surface area contributed by atoms with E-state index in [-0.39, 0.29) is 14.5 Å². The number of hydrogen-bond acceptors (Lipinski definition) is 3. The first-order valence-corrected chi connectivity index (χ1v) is 16.7. The van der Waals surface area contributed by atoms with E-state index >= 15 is 0 Å². The molecule has 210 valence electrons. The summed E-state index contributed by atoms with van der Waals surface area (Å²) in [6.45, 7) is 0. The van der Waals surface area contributed by atoms with Crippen LogP contribution in [0.15, 0.2) is 152 Å². The Morgan fingerprint density at radius 2 is 0.978 bits per heavy atom. The van der Waals surface area contributed by atoms with Crippen molar-refractivity contribution in [1.29, 1.82) is 0 Å². The van der Waals surface area contributed by atoms with Crippen LogP contribution in [0.1, 0.15) is 0 Å². The van der Waals surface area contributed by atoms with Crippen molar-refractivity contribution >= 4 is 55.3 Å². The first-order valence-electron chi connectivity index (χ1n) is 15.0. The van der Waals surface area contributed by atoms with Gasteiger partial charge in [0.1, 0.15) is 0 Å². The summed E-state index contributed by atoms with van der Waals surface area (Å²) < 4.78 is 2.88. The van der Waals surface area contributed by atoms with Gasteiger partial charge in [-0.1, -0.05) is 18.2 Å². The Hall–Kier alpha value is -5.41. The molecule has 0 aliphatic heterocycles. The van der Waals surface area contributed by atoms with Crippen LogP contribution in [0.5, 0.6) is 0 Å². The first kappa shape index (κ1) is 26.0. The van der Waals surface area contributed by atoms with Crippen molar-refractivity contribution in [3.8, 4) is 45.3 Å². The van der Waals surface area contributed by atoms with Crippen molar-refractivity contribution < 1.29 is 0 Å². The molecular formula is C41H25N3Se. The van der Waals surface area contributed by atoms with Gasteiger partial charge in [0.15, 0.2) is 0 Å². The fraction of sp³-hybridized carbons (Fsp3) is 0. The van der Waals surface area contributed by atoms with Gasteiger partial charge in [-0.05, 0) is 0 Å². The van der Waals surface area contributed by atoms with Crippen LogP contribution in [-0.4, -0.2) is 29.5 Å². The molecule has 0 unspecified atom stereocenters. The molecule has 0 saturated carbocycles. The minimum Gasteiger partial charge on any atom is -0.0617 e. The van der Waals surface area contributed by atoms with Crippen LogP contribution in [0.25, 0.3) is 86.1 Å². The summed E-state index contributed by atoms with van der Waals surface area (Å²) in [5.41, 5.74) is 5.24. The fourth-order valence-corrected chi connectivity index (χ4v) is 9.01. The molecule has 9 aromatic rings. The van der Waals surface area contributed by atoms with Gasteiger partial charge in [0, 0.05) is 0 Å². The van der Waals surface area contributed by atoms with E-state index in [1.54, 1.807) is 0 Å². The van der Waals surface area contributed by atoms with Gasteiger partial charge in [-0.15, -0.1) is 0 Å². The predicted molar refractivity (Wildman–Crippen MR) is 189 cm³/mol. The first-order chi connectivity index (χ1) is 22.3. The van der Waals surface area contributed by atoms with Crippen molar-refractivity contribution in [3.63, 3.8) is 0 Å². The van der Waals surface area contributed by atoms with Crippen molar-refractivity contribution in [1.82, 2.24) is 15.0 Å². The third-order valence-electron chi connectivity index (χ3n) is 8.50. The van der Waals surface area contributed by atoms with E-state index in [9.17, 15) is 0 Å². The molecule has 2 heterocycles. The number of benzene rings is 7. The van der Waals surface area contributed by atoms with Gasteiger partial charge in [-0.25, -0.2) is 0 Å². The van der Waals surface area contributed by atoms with Gasteiger partial charge >= 0.3 is 249 Å². The SMILES string of the molecule is c1ccc(-c2cccc(-c3nc(-c4ccccc4)nc(-c4cc5ccccc5c5c4ccc4c6ccccc6[se]c45)n3)c2)cc1. The van der Waals surface area contributed by atoms with Gasteiger partial charge in [-0.3, -0.25) is 0 Å². The molecular weight excluding hydrogens is 613 g/mol. The molecule has 0 amide bonds. The summed E-state index contributed by atoms with van der Waals surface area (Å²) >= 11 is 0.212. The van der Waals surface area contributed by atoms with Crippen LogP contribution in [-0.2, 0) is 0 Å². The summed E-state index contributed by atoms with van der Waals surface area (Å²) in [6.07, 6.45) is 0. The standard InChI is InChI=1S/C41H25N3Se/c1-3-12-26(13-4-1)28-17-11-18-30(24-28)40-42-39(27-14-5-2-6-15-27)43-41(44-40)35-25-29-16-7-8-19-31(29)37-33(35)22-23-34-32-20-9-10-21-36(32)45-38(34)37/h1-25H. The molecule has 2 aromatic heterocycles. The summed E-state index contributed by atoms with van der Waals surface area (Å²) in [5.74, 6) is 2.01. The molecule has 9 rings (SSSR count). The molecule has 0 radical (unpaired) electrons. The van der Waals surface area contributed by atoms with Gasteiger partial charge in [0.2, 0.25) is 0 Å². The monoisotopic (exact) mass is 639 g/mol. The minimum atomic E-state index is 0.212. The molecule has 0 aliphatic rings. The van der Waals surface area contributed by atoms with E-state index in [2.05, 4.69) is 127 Å². The van der Waals surface area contributed by atoms with Crippen LogP contribution in [0.3, 0.4) is 0 Å². The number of hydrogen-bond donors (Lipinski definition) is 0. The van der Waals surface area contributed by atoms with Crippen LogP contribution in [0.4, 0.5) is 0 Å². The molecule has 0 bridgehead atoms. The second-order valence-electron chi connectivity index (χ2n) is 11.2. The van der Waals surface area contributed by atoms with Gasteiger partial charge in [0.25, 0.3) is 0 Å². The van der Waals surface area contributed by atoms with Gasteiger partial charge in [-0.2, -0.15) is 0 Å². The van der Waals surface area contributed by atoms with Crippen molar-refractivity contribution in [2.24, 2.45) is 0 Å². The second kappa shape index (κ2) is 10.6. The normalized spacial score (nSPS) is 11.6. The third-order valence-corrected chi connectivity index (χ3v) is 11.0. The summed E-state index contributed by atoms with van der Waals surface area (Å²) in [4.78, 5) is 15.4. The van der Waals surface area contributed by atoms with E-state index in [0.717, 1.165) is 27.8 Å². The Morgan fingerprint density at radius 3 is 1.80 bits per heavy atom. The average Bonchev–Trinajstić information content (AvgIpc) is 3.51. The fourth-order valence-electron chi connectivity index (χ4n) is 6.36. The van der Waals surface area contributed by atoms with E-state index in [1.165, 1.54) is 40.8 Å². The molecule has 0 saturated heterocycles. The Balaban J connectivity index is 1.34. The number of nitrogens with zero attached hydrogens (tertiary/aromatic N) is 3. The van der Waals surface area contributed by atoms with Crippen molar-refractivity contribution in [2.75, 3.05) is 0 Å². The summed E-state index contributed by atoms with van der Waals surface area (Å²) in [7, 11) is 0. The zero-order valence-corrected chi connectivity index (χ0v) is 25.9. The zero-order chi connectivity index (χ0) is 29.7. The predicted octanol–water partition coefficient (Wildman–Crippen LogP) is 10.2. The Labute approximate surface area is 266 Å². The molecule has 45 heavy (non-hydrogen) atoms. The molecule has 3 nitrogen and oxygen atoms in total. The maximum absolute atomic E-state index is 5.21. The van der Waals surface area contributed by atoms with Gasteiger partial charge < -0.3 is 0 Å². The molecule has 7 aromatic carbocycles. The summed E-state index contributed by atoms with van der Waals surface area (Å²) in [6, 6.07) is 53.5.